The van der Waals surface area contributed by atoms with Crippen LogP contribution >= 0.6 is 0 Å². The zero-order valence-corrected chi connectivity index (χ0v) is 12.3. The second-order valence-electron chi connectivity index (χ2n) is 6.35. The molecular formula is C19H22FN. The summed E-state index contributed by atoms with van der Waals surface area (Å²) in [5.74, 6) is 0.453. The molecule has 2 heteroatoms. The van der Waals surface area contributed by atoms with Crippen LogP contribution < -0.4 is 5.73 Å². The maximum atomic E-state index is 13.0. The molecular weight excluding hydrogens is 261 g/mol. The van der Waals surface area contributed by atoms with Crippen molar-refractivity contribution in [3.05, 3.63) is 71.5 Å². The van der Waals surface area contributed by atoms with Crippen molar-refractivity contribution in [2.45, 2.75) is 43.6 Å². The van der Waals surface area contributed by atoms with Crippen molar-refractivity contribution in [3.63, 3.8) is 0 Å². The van der Waals surface area contributed by atoms with Crippen molar-refractivity contribution in [2.75, 3.05) is 0 Å². The van der Waals surface area contributed by atoms with Gasteiger partial charge in [0.05, 0.1) is 0 Å². The van der Waals surface area contributed by atoms with E-state index in [9.17, 15) is 4.39 Å². The topological polar surface area (TPSA) is 26.0 Å². The van der Waals surface area contributed by atoms with Gasteiger partial charge in [-0.3, -0.25) is 0 Å². The Labute approximate surface area is 126 Å². The van der Waals surface area contributed by atoms with Crippen LogP contribution in [0.25, 0.3) is 0 Å². The summed E-state index contributed by atoms with van der Waals surface area (Å²) in [7, 11) is 0. The van der Waals surface area contributed by atoms with Gasteiger partial charge in [-0.1, -0.05) is 42.5 Å². The van der Waals surface area contributed by atoms with E-state index in [1.54, 1.807) is 0 Å². The van der Waals surface area contributed by atoms with E-state index in [-0.39, 0.29) is 11.4 Å². The quantitative estimate of drug-likeness (QED) is 0.886. The Morgan fingerprint density at radius 1 is 0.952 bits per heavy atom. The van der Waals surface area contributed by atoms with Gasteiger partial charge < -0.3 is 5.73 Å². The van der Waals surface area contributed by atoms with Crippen molar-refractivity contribution >= 4 is 0 Å². The van der Waals surface area contributed by atoms with Crippen molar-refractivity contribution < 1.29 is 4.39 Å². The Balaban J connectivity index is 1.62. The standard InChI is InChI=1S/C19H22FN/c20-18-8-6-15(7-9-18)14-19(21)12-10-17(11-13-19)16-4-2-1-3-5-16/h1-9,17H,10-14,21H2. The summed E-state index contributed by atoms with van der Waals surface area (Å²) >= 11 is 0. The number of benzene rings is 2. The monoisotopic (exact) mass is 283 g/mol. The minimum absolute atomic E-state index is 0.136. The van der Waals surface area contributed by atoms with Crippen molar-refractivity contribution in [3.8, 4) is 0 Å². The molecule has 0 atom stereocenters. The van der Waals surface area contributed by atoms with Gasteiger partial charge in [0.2, 0.25) is 0 Å². The molecule has 3 rings (SSSR count). The van der Waals surface area contributed by atoms with Crippen LogP contribution in [0, 0.1) is 5.82 Å². The fourth-order valence-corrected chi connectivity index (χ4v) is 3.44. The highest BCUT2D eigenvalue weighted by atomic mass is 19.1. The van der Waals surface area contributed by atoms with Crippen LogP contribution in [0.15, 0.2) is 54.6 Å². The molecule has 0 unspecified atom stereocenters. The largest absolute Gasteiger partial charge is 0.325 e. The van der Waals surface area contributed by atoms with Gasteiger partial charge in [-0.15, -0.1) is 0 Å². The summed E-state index contributed by atoms with van der Waals surface area (Å²) < 4.78 is 13.0. The first-order chi connectivity index (χ1) is 10.1. The normalized spacial score (nSPS) is 25.7. The van der Waals surface area contributed by atoms with Crippen molar-refractivity contribution in [1.82, 2.24) is 0 Å². The molecule has 0 spiro atoms. The number of rotatable bonds is 3. The van der Waals surface area contributed by atoms with E-state index in [2.05, 4.69) is 30.3 Å². The third-order valence-corrected chi connectivity index (χ3v) is 4.72. The van der Waals surface area contributed by atoms with Gasteiger partial charge in [0.25, 0.3) is 0 Å². The number of hydrogen-bond donors (Lipinski definition) is 1. The van der Waals surface area contributed by atoms with Gasteiger partial charge in [-0.2, -0.15) is 0 Å². The Morgan fingerprint density at radius 3 is 2.19 bits per heavy atom. The molecule has 21 heavy (non-hydrogen) atoms. The summed E-state index contributed by atoms with van der Waals surface area (Å²) in [6.45, 7) is 0. The molecule has 2 N–H and O–H groups in total. The maximum Gasteiger partial charge on any atom is 0.123 e. The van der Waals surface area contributed by atoms with Gasteiger partial charge in [0, 0.05) is 5.54 Å². The molecule has 2 aromatic carbocycles. The molecule has 1 nitrogen and oxygen atoms in total. The molecule has 1 aliphatic rings. The highest BCUT2D eigenvalue weighted by Crippen LogP contribution is 2.38. The van der Waals surface area contributed by atoms with Gasteiger partial charge >= 0.3 is 0 Å². The van der Waals surface area contributed by atoms with E-state index in [0.29, 0.717) is 5.92 Å². The Hall–Kier alpha value is -1.67. The van der Waals surface area contributed by atoms with Crippen molar-refractivity contribution in [1.29, 1.82) is 0 Å². The van der Waals surface area contributed by atoms with Crippen LogP contribution in [-0.2, 0) is 6.42 Å². The van der Waals surface area contributed by atoms with E-state index in [4.69, 9.17) is 5.73 Å². The average Bonchev–Trinajstić information content (AvgIpc) is 2.51. The molecule has 1 fully saturated rings. The van der Waals surface area contributed by atoms with E-state index in [1.165, 1.54) is 17.7 Å². The van der Waals surface area contributed by atoms with Gasteiger partial charge in [0.15, 0.2) is 0 Å². The van der Waals surface area contributed by atoms with Crippen LogP contribution in [0.3, 0.4) is 0 Å². The molecule has 0 radical (unpaired) electrons. The predicted molar refractivity (Wildman–Crippen MR) is 84.7 cm³/mol. The number of halogens is 1. The Bertz CT molecular complexity index is 568. The van der Waals surface area contributed by atoms with E-state index in [0.717, 1.165) is 37.7 Å². The Kier molecular flexibility index (Phi) is 4.07. The van der Waals surface area contributed by atoms with Crippen LogP contribution in [0.4, 0.5) is 4.39 Å². The zero-order chi connectivity index (χ0) is 14.7. The molecule has 0 heterocycles. The highest BCUT2D eigenvalue weighted by Gasteiger charge is 2.32. The SMILES string of the molecule is NC1(Cc2ccc(F)cc2)CCC(c2ccccc2)CC1. The van der Waals surface area contributed by atoms with Crippen molar-refractivity contribution in [2.24, 2.45) is 5.73 Å². The average molecular weight is 283 g/mol. The molecule has 110 valence electrons. The minimum atomic E-state index is -0.183. The number of nitrogens with two attached hydrogens (primary N) is 1. The van der Waals surface area contributed by atoms with Gasteiger partial charge in [-0.25, -0.2) is 4.39 Å². The molecule has 0 aliphatic heterocycles. The molecule has 0 aromatic heterocycles. The summed E-state index contributed by atoms with van der Waals surface area (Å²) in [5.41, 5.74) is 9.01. The fourth-order valence-electron chi connectivity index (χ4n) is 3.44. The van der Waals surface area contributed by atoms with Crippen LogP contribution in [0.2, 0.25) is 0 Å². The number of hydrogen-bond acceptors (Lipinski definition) is 1. The molecule has 0 saturated heterocycles. The second-order valence-corrected chi connectivity index (χ2v) is 6.35. The lowest BCUT2D eigenvalue weighted by Crippen LogP contribution is -2.45. The summed E-state index contributed by atoms with van der Waals surface area (Å²) in [5, 5.41) is 0. The lowest BCUT2D eigenvalue weighted by Gasteiger charge is -2.37. The summed E-state index contributed by atoms with van der Waals surface area (Å²) in [6.07, 6.45) is 5.19. The first kappa shape index (κ1) is 14.3. The van der Waals surface area contributed by atoms with Gasteiger partial charge in [0.1, 0.15) is 5.82 Å². The van der Waals surface area contributed by atoms with Crippen LogP contribution in [0.5, 0.6) is 0 Å². The molecule has 1 aliphatic carbocycles. The van der Waals surface area contributed by atoms with E-state index in [1.807, 2.05) is 12.1 Å². The molecule has 1 saturated carbocycles. The van der Waals surface area contributed by atoms with E-state index >= 15 is 0 Å². The predicted octanol–water partition coefficient (Wildman–Crippen LogP) is 4.42. The highest BCUT2D eigenvalue weighted by molar-refractivity contribution is 5.22. The summed E-state index contributed by atoms with van der Waals surface area (Å²) in [6, 6.07) is 17.5. The summed E-state index contributed by atoms with van der Waals surface area (Å²) in [4.78, 5) is 0. The third-order valence-electron chi connectivity index (χ3n) is 4.72. The third kappa shape index (κ3) is 3.51. The first-order valence-corrected chi connectivity index (χ1v) is 7.73. The molecule has 0 bridgehead atoms. The lowest BCUT2D eigenvalue weighted by atomic mass is 9.72. The maximum absolute atomic E-state index is 13.0. The fraction of sp³-hybridized carbons (Fsp3) is 0.368. The first-order valence-electron chi connectivity index (χ1n) is 7.73. The zero-order valence-electron chi connectivity index (χ0n) is 12.3. The van der Waals surface area contributed by atoms with Crippen LogP contribution in [0.1, 0.15) is 42.7 Å². The second kappa shape index (κ2) is 5.98. The van der Waals surface area contributed by atoms with Crippen LogP contribution in [-0.4, -0.2) is 5.54 Å². The van der Waals surface area contributed by atoms with Gasteiger partial charge in [-0.05, 0) is 61.3 Å². The minimum Gasteiger partial charge on any atom is -0.325 e. The lowest BCUT2D eigenvalue weighted by molar-refractivity contribution is 0.271. The molecule has 0 amide bonds. The Morgan fingerprint density at radius 2 is 1.57 bits per heavy atom. The molecule has 2 aromatic rings. The smallest absolute Gasteiger partial charge is 0.123 e. The van der Waals surface area contributed by atoms with E-state index < -0.39 is 0 Å².